The number of carbonyl (C=O) groups is 4. The van der Waals surface area contributed by atoms with E-state index in [0.29, 0.717) is 32.5 Å². The highest BCUT2D eigenvalue weighted by Gasteiger charge is 2.43. The first-order valence-electron chi connectivity index (χ1n) is 8.98. The Morgan fingerprint density at radius 2 is 1.80 bits per heavy atom. The summed E-state index contributed by atoms with van der Waals surface area (Å²) in [6.07, 6.45) is 3.76. The quantitative estimate of drug-likeness (QED) is 0.726. The number of nitrogens with one attached hydrogen (secondary N) is 1. The Hall–Kier alpha value is -1.41. The highest BCUT2D eigenvalue weighted by Crippen LogP contribution is 2.27. The van der Waals surface area contributed by atoms with Gasteiger partial charge in [-0.2, -0.15) is 0 Å². The fourth-order valence-corrected chi connectivity index (χ4v) is 4.78. The van der Waals surface area contributed by atoms with E-state index in [9.17, 15) is 19.2 Å². The zero-order chi connectivity index (χ0) is 18.0. The van der Waals surface area contributed by atoms with Crippen LogP contribution in [0, 0.1) is 5.92 Å². The fraction of sp³-hybridized carbons (Fsp3) is 0.765. The van der Waals surface area contributed by atoms with Crippen molar-refractivity contribution in [2.24, 2.45) is 5.92 Å². The zero-order valence-corrected chi connectivity index (χ0v) is 15.3. The maximum atomic E-state index is 12.7. The van der Waals surface area contributed by atoms with Crippen molar-refractivity contribution in [2.75, 3.05) is 25.4 Å². The summed E-state index contributed by atoms with van der Waals surface area (Å²) in [5.41, 5.74) is 0. The minimum absolute atomic E-state index is 0.0225. The van der Waals surface area contributed by atoms with Crippen molar-refractivity contribution in [3.8, 4) is 0 Å². The van der Waals surface area contributed by atoms with E-state index < -0.39 is 6.04 Å². The first-order valence-corrected chi connectivity index (χ1v) is 9.97. The molecule has 2 amide bonds. The number of carbonyl (C=O) groups excluding carboxylic acids is 4. The molecular weight excluding hydrogens is 342 g/mol. The Kier molecular flexibility index (Phi) is 5.78. The monoisotopic (exact) mass is 367 g/mol. The van der Waals surface area contributed by atoms with Crippen LogP contribution in [0.4, 0.5) is 0 Å². The van der Waals surface area contributed by atoms with Crippen LogP contribution in [0.5, 0.6) is 0 Å². The number of nitrogens with zero attached hydrogens (tertiary/aromatic N) is 2. The summed E-state index contributed by atoms with van der Waals surface area (Å²) < 4.78 is 0. The second-order valence-electron chi connectivity index (χ2n) is 7.01. The van der Waals surface area contributed by atoms with Gasteiger partial charge in [0.2, 0.25) is 16.9 Å². The SMILES string of the molecule is CC(=O)N1CCC(C(=O)NC2CCCCN2C2C(=O)CSC2=O)CC1. The topological polar surface area (TPSA) is 86.8 Å². The van der Waals surface area contributed by atoms with Gasteiger partial charge in [-0.3, -0.25) is 24.1 Å². The largest absolute Gasteiger partial charge is 0.343 e. The lowest BCUT2D eigenvalue weighted by Crippen LogP contribution is -2.58. The van der Waals surface area contributed by atoms with Gasteiger partial charge in [0.15, 0.2) is 5.78 Å². The molecule has 0 aliphatic carbocycles. The summed E-state index contributed by atoms with van der Waals surface area (Å²) >= 11 is 1.08. The van der Waals surface area contributed by atoms with Crippen LogP contribution in [0.3, 0.4) is 0 Å². The van der Waals surface area contributed by atoms with E-state index in [1.54, 1.807) is 11.8 Å². The van der Waals surface area contributed by atoms with Crippen molar-refractivity contribution in [2.45, 2.75) is 51.2 Å². The average molecular weight is 367 g/mol. The molecule has 2 unspecified atom stereocenters. The highest BCUT2D eigenvalue weighted by molar-refractivity contribution is 8.15. The van der Waals surface area contributed by atoms with Gasteiger partial charge in [-0.1, -0.05) is 11.8 Å². The molecule has 0 saturated carbocycles. The molecule has 0 radical (unpaired) electrons. The van der Waals surface area contributed by atoms with Gasteiger partial charge in [0, 0.05) is 32.5 Å². The molecular formula is C17H25N3O4S. The Bertz CT molecular complexity index is 558. The number of Topliss-reactive ketones (excluding diaryl/α,β-unsaturated/α-hetero) is 1. The molecule has 3 rings (SSSR count). The van der Waals surface area contributed by atoms with Crippen LogP contribution in [0.15, 0.2) is 0 Å². The van der Waals surface area contributed by atoms with Gasteiger partial charge >= 0.3 is 0 Å². The number of hydrogen-bond acceptors (Lipinski definition) is 6. The molecule has 2 atom stereocenters. The average Bonchev–Trinajstić information content (AvgIpc) is 2.94. The minimum atomic E-state index is -0.699. The van der Waals surface area contributed by atoms with E-state index in [1.807, 2.05) is 4.90 Å². The van der Waals surface area contributed by atoms with Crippen LogP contribution in [0.25, 0.3) is 0 Å². The predicted octanol–water partition coefficient (Wildman–Crippen LogP) is 0.384. The van der Waals surface area contributed by atoms with Crippen molar-refractivity contribution in [1.82, 2.24) is 15.1 Å². The standard InChI is InChI=1S/C17H25N3O4S/c1-11(21)19-8-5-12(6-9-19)16(23)18-14-4-2-3-7-20(14)15-13(22)10-25-17(15)24/h12,14-15H,2-10H2,1H3,(H,18,23). The Morgan fingerprint density at radius 3 is 2.40 bits per heavy atom. The summed E-state index contributed by atoms with van der Waals surface area (Å²) in [6.45, 7) is 3.43. The second kappa shape index (κ2) is 7.86. The normalized spacial score (nSPS) is 29.1. The number of ketones is 1. The van der Waals surface area contributed by atoms with Crippen LogP contribution in [-0.2, 0) is 19.2 Å². The van der Waals surface area contributed by atoms with Crippen molar-refractivity contribution < 1.29 is 19.2 Å². The number of amides is 2. The van der Waals surface area contributed by atoms with Crippen molar-refractivity contribution in [3.05, 3.63) is 0 Å². The molecule has 3 aliphatic rings. The molecule has 0 aromatic carbocycles. The molecule has 8 heteroatoms. The number of rotatable bonds is 3. The smallest absolute Gasteiger partial charge is 0.224 e. The van der Waals surface area contributed by atoms with E-state index in [2.05, 4.69) is 5.32 Å². The molecule has 3 fully saturated rings. The third-order valence-electron chi connectivity index (χ3n) is 5.38. The molecule has 0 aromatic rings. The molecule has 1 N–H and O–H groups in total. The summed E-state index contributed by atoms with van der Waals surface area (Å²) in [4.78, 5) is 51.9. The molecule has 0 aromatic heterocycles. The summed E-state index contributed by atoms with van der Waals surface area (Å²) in [5.74, 6) is 0.109. The van der Waals surface area contributed by atoms with Gasteiger partial charge in [0.1, 0.15) is 6.04 Å². The number of piperidine rings is 2. The second-order valence-corrected chi connectivity index (χ2v) is 7.99. The van der Waals surface area contributed by atoms with E-state index in [-0.39, 0.29) is 40.5 Å². The summed E-state index contributed by atoms with van der Waals surface area (Å²) in [7, 11) is 0. The predicted molar refractivity (Wildman–Crippen MR) is 93.7 cm³/mol. The van der Waals surface area contributed by atoms with Crippen LogP contribution < -0.4 is 5.32 Å². The van der Waals surface area contributed by atoms with Crippen LogP contribution >= 0.6 is 11.8 Å². The number of thioether (sulfide) groups is 1. The highest BCUT2D eigenvalue weighted by atomic mass is 32.2. The maximum absolute atomic E-state index is 12.7. The van der Waals surface area contributed by atoms with Crippen LogP contribution in [0.1, 0.15) is 39.0 Å². The van der Waals surface area contributed by atoms with Crippen LogP contribution in [-0.4, -0.2) is 70.1 Å². The van der Waals surface area contributed by atoms with E-state index in [4.69, 9.17) is 0 Å². The molecule has 3 aliphatic heterocycles. The Labute approximate surface area is 151 Å². The Morgan fingerprint density at radius 1 is 1.08 bits per heavy atom. The van der Waals surface area contributed by atoms with Gasteiger partial charge in [-0.15, -0.1) is 0 Å². The number of likely N-dealkylation sites (tertiary alicyclic amines) is 2. The minimum Gasteiger partial charge on any atom is -0.343 e. The zero-order valence-electron chi connectivity index (χ0n) is 14.5. The first-order chi connectivity index (χ1) is 12.0. The summed E-state index contributed by atoms with van der Waals surface area (Å²) in [5, 5.41) is 2.97. The lowest BCUT2D eigenvalue weighted by molar-refractivity contribution is -0.136. The molecule has 138 valence electrons. The first kappa shape index (κ1) is 18.4. The lowest BCUT2D eigenvalue weighted by atomic mass is 9.95. The molecule has 25 heavy (non-hydrogen) atoms. The third-order valence-corrected chi connectivity index (χ3v) is 6.32. The van der Waals surface area contributed by atoms with Gasteiger partial charge in [0.25, 0.3) is 0 Å². The molecule has 7 nitrogen and oxygen atoms in total. The Balaban J connectivity index is 1.60. The molecule has 3 saturated heterocycles. The lowest BCUT2D eigenvalue weighted by Gasteiger charge is -2.39. The van der Waals surface area contributed by atoms with Gasteiger partial charge in [0.05, 0.1) is 11.9 Å². The van der Waals surface area contributed by atoms with Crippen molar-refractivity contribution in [3.63, 3.8) is 0 Å². The fourth-order valence-electron chi connectivity index (χ4n) is 3.91. The van der Waals surface area contributed by atoms with Gasteiger partial charge < -0.3 is 10.2 Å². The summed E-state index contributed by atoms with van der Waals surface area (Å²) in [6, 6.07) is -0.699. The van der Waals surface area contributed by atoms with Crippen LogP contribution in [0.2, 0.25) is 0 Å². The van der Waals surface area contributed by atoms with E-state index >= 15 is 0 Å². The number of hydrogen-bond donors (Lipinski definition) is 1. The molecule has 0 bridgehead atoms. The van der Waals surface area contributed by atoms with E-state index in [1.165, 1.54) is 0 Å². The van der Waals surface area contributed by atoms with Crippen molar-refractivity contribution >= 4 is 34.5 Å². The van der Waals surface area contributed by atoms with Gasteiger partial charge in [-0.25, -0.2) is 0 Å². The van der Waals surface area contributed by atoms with E-state index in [0.717, 1.165) is 31.0 Å². The van der Waals surface area contributed by atoms with Gasteiger partial charge in [-0.05, 0) is 32.1 Å². The third kappa shape index (κ3) is 4.06. The molecule has 0 spiro atoms. The van der Waals surface area contributed by atoms with Crippen molar-refractivity contribution in [1.29, 1.82) is 0 Å². The maximum Gasteiger partial charge on any atom is 0.224 e. The molecule has 3 heterocycles.